The quantitative estimate of drug-likeness (QED) is 0.823. The topological polar surface area (TPSA) is 52.3 Å². The fraction of sp³-hybridized carbons (Fsp3) is 0.462. The summed E-state index contributed by atoms with van der Waals surface area (Å²) in [5.41, 5.74) is 6.60. The number of rotatable bonds is 5. The van der Waals surface area contributed by atoms with Crippen LogP contribution in [0.15, 0.2) is 24.3 Å². The van der Waals surface area contributed by atoms with E-state index in [4.69, 9.17) is 22.1 Å². The van der Waals surface area contributed by atoms with Crippen molar-refractivity contribution in [2.45, 2.75) is 32.9 Å². The van der Waals surface area contributed by atoms with Crippen molar-refractivity contribution in [2.24, 2.45) is 11.7 Å². The lowest BCUT2D eigenvalue weighted by Crippen LogP contribution is -2.29. The summed E-state index contributed by atoms with van der Waals surface area (Å²) in [5, 5.41) is 0.605. The van der Waals surface area contributed by atoms with E-state index in [-0.39, 0.29) is 31.0 Å². The summed E-state index contributed by atoms with van der Waals surface area (Å²) >= 11 is 5.95. The van der Waals surface area contributed by atoms with Gasteiger partial charge in [-0.05, 0) is 12.0 Å². The van der Waals surface area contributed by atoms with Crippen LogP contribution in [-0.2, 0) is 16.1 Å². The Labute approximate surface area is 107 Å². The van der Waals surface area contributed by atoms with Crippen molar-refractivity contribution in [1.82, 2.24) is 0 Å². The molecule has 1 atom stereocenters. The van der Waals surface area contributed by atoms with E-state index in [1.807, 2.05) is 32.0 Å². The highest BCUT2D eigenvalue weighted by Gasteiger charge is 2.14. The zero-order valence-corrected chi connectivity index (χ0v) is 10.9. The number of esters is 1. The van der Waals surface area contributed by atoms with Gasteiger partial charge in [0.1, 0.15) is 6.61 Å². The Morgan fingerprint density at radius 2 is 2.06 bits per heavy atom. The Hall–Kier alpha value is -1.06. The molecule has 0 radical (unpaired) electrons. The first-order valence-corrected chi connectivity index (χ1v) is 6.03. The highest BCUT2D eigenvalue weighted by molar-refractivity contribution is 6.31. The maximum absolute atomic E-state index is 11.5. The van der Waals surface area contributed by atoms with Crippen molar-refractivity contribution in [3.8, 4) is 0 Å². The van der Waals surface area contributed by atoms with Crippen LogP contribution in [0.5, 0.6) is 0 Å². The van der Waals surface area contributed by atoms with Gasteiger partial charge in [0, 0.05) is 16.6 Å². The molecular formula is C13H18ClNO2. The predicted molar refractivity (Wildman–Crippen MR) is 68.7 cm³/mol. The van der Waals surface area contributed by atoms with Crippen molar-refractivity contribution in [1.29, 1.82) is 0 Å². The molecule has 0 aromatic heterocycles. The van der Waals surface area contributed by atoms with Crippen molar-refractivity contribution >= 4 is 17.6 Å². The summed E-state index contributed by atoms with van der Waals surface area (Å²) in [4.78, 5) is 11.5. The Morgan fingerprint density at radius 3 is 2.65 bits per heavy atom. The van der Waals surface area contributed by atoms with E-state index in [9.17, 15) is 4.79 Å². The van der Waals surface area contributed by atoms with E-state index >= 15 is 0 Å². The fourth-order valence-electron chi connectivity index (χ4n) is 1.26. The number of hydrogen-bond acceptors (Lipinski definition) is 3. The maximum atomic E-state index is 11.5. The molecule has 0 saturated heterocycles. The number of carbonyl (C=O) groups is 1. The minimum absolute atomic E-state index is 0.159. The summed E-state index contributed by atoms with van der Waals surface area (Å²) in [5.74, 6) is -0.0195. The molecule has 0 aliphatic carbocycles. The van der Waals surface area contributed by atoms with Gasteiger partial charge in [-0.15, -0.1) is 0 Å². The molecule has 17 heavy (non-hydrogen) atoms. The smallest absolute Gasteiger partial charge is 0.307 e. The molecule has 0 amide bonds. The zero-order valence-electron chi connectivity index (χ0n) is 10.2. The minimum atomic E-state index is -0.286. The van der Waals surface area contributed by atoms with Crippen molar-refractivity contribution < 1.29 is 9.53 Å². The van der Waals surface area contributed by atoms with Crippen LogP contribution in [0.4, 0.5) is 0 Å². The molecule has 0 heterocycles. The third-order valence-corrected chi connectivity index (χ3v) is 2.97. The van der Waals surface area contributed by atoms with E-state index < -0.39 is 0 Å². The molecule has 1 rings (SSSR count). The monoisotopic (exact) mass is 255 g/mol. The summed E-state index contributed by atoms with van der Waals surface area (Å²) in [6, 6.07) is 7.13. The van der Waals surface area contributed by atoms with Gasteiger partial charge in [-0.1, -0.05) is 43.6 Å². The standard InChI is InChI=1S/C13H18ClNO2/c1-9(2)12(15)7-13(16)17-8-10-5-3-4-6-11(10)14/h3-6,9,12H,7-8,15H2,1-2H3. The lowest BCUT2D eigenvalue weighted by atomic mass is 10.0. The van der Waals surface area contributed by atoms with Crippen molar-refractivity contribution in [3.63, 3.8) is 0 Å². The minimum Gasteiger partial charge on any atom is -0.461 e. The Bertz CT molecular complexity index is 379. The van der Waals surface area contributed by atoms with Gasteiger partial charge < -0.3 is 10.5 Å². The van der Waals surface area contributed by atoms with Crippen LogP contribution < -0.4 is 5.73 Å². The van der Waals surface area contributed by atoms with Gasteiger partial charge in [0.05, 0.1) is 6.42 Å². The van der Waals surface area contributed by atoms with E-state index in [0.29, 0.717) is 5.02 Å². The first kappa shape index (κ1) is 14.0. The molecule has 3 nitrogen and oxygen atoms in total. The van der Waals surface area contributed by atoms with Crippen LogP contribution in [0.2, 0.25) is 5.02 Å². The van der Waals surface area contributed by atoms with E-state index in [1.54, 1.807) is 6.07 Å². The van der Waals surface area contributed by atoms with Gasteiger partial charge in [0.25, 0.3) is 0 Å². The van der Waals surface area contributed by atoms with Gasteiger partial charge in [0.15, 0.2) is 0 Å². The van der Waals surface area contributed by atoms with Gasteiger partial charge >= 0.3 is 5.97 Å². The van der Waals surface area contributed by atoms with Crippen LogP contribution in [0, 0.1) is 5.92 Å². The summed E-state index contributed by atoms with van der Waals surface area (Å²) in [6.07, 6.45) is 0.238. The lowest BCUT2D eigenvalue weighted by Gasteiger charge is -2.14. The summed E-state index contributed by atoms with van der Waals surface area (Å²) in [6.45, 7) is 4.15. The molecule has 0 fully saturated rings. The number of benzene rings is 1. The zero-order chi connectivity index (χ0) is 12.8. The third-order valence-electron chi connectivity index (χ3n) is 2.61. The molecule has 94 valence electrons. The molecule has 0 aliphatic heterocycles. The first-order chi connectivity index (χ1) is 8.00. The molecule has 2 N–H and O–H groups in total. The highest BCUT2D eigenvalue weighted by Crippen LogP contribution is 2.16. The van der Waals surface area contributed by atoms with Gasteiger partial charge in [-0.2, -0.15) is 0 Å². The second-order valence-corrected chi connectivity index (χ2v) is 4.77. The van der Waals surface area contributed by atoms with Gasteiger partial charge in [0.2, 0.25) is 0 Å². The van der Waals surface area contributed by atoms with E-state index in [2.05, 4.69) is 0 Å². The molecule has 0 spiro atoms. The molecular weight excluding hydrogens is 238 g/mol. The SMILES string of the molecule is CC(C)C(N)CC(=O)OCc1ccccc1Cl. The number of ether oxygens (including phenoxy) is 1. The second-order valence-electron chi connectivity index (χ2n) is 4.36. The molecule has 4 heteroatoms. The molecule has 0 aliphatic rings. The summed E-state index contributed by atoms with van der Waals surface area (Å²) < 4.78 is 5.13. The maximum Gasteiger partial charge on any atom is 0.307 e. The van der Waals surface area contributed by atoms with Crippen LogP contribution in [0.3, 0.4) is 0 Å². The largest absolute Gasteiger partial charge is 0.461 e. The molecule has 1 aromatic rings. The molecule has 1 unspecified atom stereocenters. The number of carbonyl (C=O) groups excluding carboxylic acids is 1. The highest BCUT2D eigenvalue weighted by atomic mass is 35.5. The van der Waals surface area contributed by atoms with E-state index in [1.165, 1.54) is 0 Å². The average molecular weight is 256 g/mol. The second kappa shape index (κ2) is 6.62. The van der Waals surface area contributed by atoms with Crippen molar-refractivity contribution in [2.75, 3.05) is 0 Å². The van der Waals surface area contributed by atoms with Gasteiger partial charge in [-0.3, -0.25) is 4.79 Å². The predicted octanol–water partition coefficient (Wildman–Crippen LogP) is 2.76. The fourth-order valence-corrected chi connectivity index (χ4v) is 1.45. The van der Waals surface area contributed by atoms with E-state index in [0.717, 1.165) is 5.56 Å². The molecule has 0 saturated carbocycles. The average Bonchev–Trinajstić information content (AvgIpc) is 2.27. The Balaban J connectivity index is 2.41. The number of halogens is 1. The van der Waals surface area contributed by atoms with Crippen LogP contribution in [0.25, 0.3) is 0 Å². The molecule has 1 aromatic carbocycles. The normalized spacial score (nSPS) is 12.5. The lowest BCUT2D eigenvalue weighted by molar-refractivity contribution is -0.145. The first-order valence-electron chi connectivity index (χ1n) is 5.65. The van der Waals surface area contributed by atoms with Crippen LogP contribution in [0.1, 0.15) is 25.8 Å². The third kappa shape index (κ3) is 4.75. The Kier molecular flexibility index (Phi) is 5.45. The van der Waals surface area contributed by atoms with Gasteiger partial charge in [-0.25, -0.2) is 0 Å². The molecule has 0 bridgehead atoms. The Morgan fingerprint density at radius 1 is 1.41 bits per heavy atom. The number of nitrogens with two attached hydrogens (primary N) is 1. The van der Waals surface area contributed by atoms with Crippen LogP contribution >= 0.6 is 11.6 Å². The van der Waals surface area contributed by atoms with Crippen molar-refractivity contribution in [3.05, 3.63) is 34.9 Å². The summed E-state index contributed by atoms with van der Waals surface area (Å²) in [7, 11) is 0. The van der Waals surface area contributed by atoms with Crippen LogP contribution in [-0.4, -0.2) is 12.0 Å². The number of hydrogen-bond donors (Lipinski definition) is 1.